The zero-order chi connectivity index (χ0) is 19.6. The fourth-order valence-electron chi connectivity index (χ4n) is 5.16. The maximum atomic E-state index is 15.9. The fourth-order valence-corrected chi connectivity index (χ4v) is 5.16. The number of rotatable bonds is 13. The van der Waals surface area contributed by atoms with Crippen molar-refractivity contribution in [3.63, 3.8) is 0 Å². The monoisotopic (exact) mass is 372 g/mol. The minimum Gasteiger partial charge on any atom is -0.384 e. The minimum atomic E-state index is -1.07. The molecule has 2 nitrogen and oxygen atoms in total. The average Bonchev–Trinajstić information content (AvgIpc) is 2.57. The van der Waals surface area contributed by atoms with Gasteiger partial charge >= 0.3 is 0 Å². The predicted molar refractivity (Wildman–Crippen MR) is 109 cm³/mol. The van der Waals surface area contributed by atoms with Crippen molar-refractivity contribution in [2.24, 2.45) is 23.2 Å². The average molecular weight is 373 g/mol. The molecule has 1 aliphatic carbocycles. The number of hydrogen-bond donors (Lipinski definition) is 0. The van der Waals surface area contributed by atoms with Crippen LogP contribution >= 0.6 is 0 Å². The first-order chi connectivity index (χ1) is 12.3. The highest BCUT2D eigenvalue weighted by atomic mass is 19.1. The maximum absolute atomic E-state index is 15.9. The van der Waals surface area contributed by atoms with Crippen LogP contribution in [0.2, 0.25) is 0 Å². The van der Waals surface area contributed by atoms with Gasteiger partial charge in [-0.3, -0.25) is 0 Å². The molecule has 0 amide bonds. The van der Waals surface area contributed by atoms with E-state index in [9.17, 15) is 0 Å². The normalized spacial score (nSPS) is 19.3. The molecule has 0 aromatic carbocycles. The third kappa shape index (κ3) is 7.84. The van der Waals surface area contributed by atoms with E-state index in [0.717, 1.165) is 13.0 Å². The molecule has 0 bridgehead atoms. The summed E-state index contributed by atoms with van der Waals surface area (Å²) >= 11 is 0. The second-order valence-electron chi connectivity index (χ2n) is 9.61. The van der Waals surface area contributed by atoms with E-state index in [4.69, 9.17) is 9.47 Å². The first kappa shape index (κ1) is 23.9. The van der Waals surface area contributed by atoms with Gasteiger partial charge in [0.05, 0.1) is 13.2 Å². The Hall–Kier alpha value is -0.150. The first-order valence-electron chi connectivity index (χ1n) is 11.0. The molecule has 1 aliphatic rings. The molecule has 0 saturated heterocycles. The number of ether oxygens (including phenoxy) is 2. The predicted octanol–water partition coefficient (Wildman–Crippen LogP) is 6.82. The van der Waals surface area contributed by atoms with E-state index in [2.05, 4.69) is 34.6 Å². The summed E-state index contributed by atoms with van der Waals surface area (Å²) < 4.78 is 27.5. The summed E-state index contributed by atoms with van der Waals surface area (Å²) in [4.78, 5) is 0. The van der Waals surface area contributed by atoms with E-state index >= 15 is 4.39 Å². The Morgan fingerprint density at radius 1 is 0.923 bits per heavy atom. The Kier molecular flexibility index (Phi) is 10.7. The van der Waals surface area contributed by atoms with Crippen LogP contribution in [-0.4, -0.2) is 32.6 Å². The van der Waals surface area contributed by atoms with Crippen molar-refractivity contribution < 1.29 is 13.9 Å². The van der Waals surface area contributed by atoms with Crippen LogP contribution in [0.1, 0.15) is 92.4 Å². The lowest BCUT2D eigenvalue weighted by Crippen LogP contribution is -2.42. The van der Waals surface area contributed by atoms with Gasteiger partial charge in [-0.05, 0) is 63.2 Å². The summed E-state index contributed by atoms with van der Waals surface area (Å²) in [5, 5.41) is 0. The van der Waals surface area contributed by atoms with Crippen LogP contribution in [0.3, 0.4) is 0 Å². The van der Waals surface area contributed by atoms with Crippen LogP contribution in [0.5, 0.6) is 0 Å². The SMILES string of the molecule is CCOCC(CCC(F)(CC(C)C)CC(C)C)(COC)C1CCCCC1. The molecule has 0 aromatic rings. The Morgan fingerprint density at radius 2 is 1.50 bits per heavy atom. The first-order valence-corrected chi connectivity index (χ1v) is 11.0. The van der Waals surface area contributed by atoms with Crippen molar-refractivity contribution >= 4 is 0 Å². The van der Waals surface area contributed by atoms with Crippen LogP contribution in [0, 0.1) is 23.2 Å². The molecular weight excluding hydrogens is 327 g/mol. The largest absolute Gasteiger partial charge is 0.384 e. The second-order valence-corrected chi connectivity index (χ2v) is 9.61. The lowest BCUT2D eigenvalue weighted by molar-refractivity contribution is -0.0672. The summed E-state index contributed by atoms with van der Waals surface area (Å²) in [6.07, 6.45) is 9.23. The molecule has 1 rings (SSSR count). The van der Waals surface area contributed by atoms with Crippen LogP contribution in [0.25, 0.3) is 0 Å². The summed E-state index contributed by atoms with van der Waals surface area (Å²) in [7, 11) is 1.79. The van der Waals surface area contributed by atoms with E-state index in [1.807, 2.05) is 0 Å². The van der Waals surface area contributed by atoms with Crippen molar-refractivity contribution in [2.75, 3.05) is 26.9 Å². The molecule has 1 saturated carbocycles. The number of hydrogen-bond acceptors (Lipinski definition) is 2. The van der Waals surface area contributed by atoms with Crippen molar-refractivity contribution in [2.45, 2.75) is 98.1 Å². The zero-order valence-corrected chi connectivity index (χ0v) is 18.4. The van der Waals surface area contributed by atoms with Crippen molar-refractivity contribution in [1.82, 2.24) is 0 Å². The lowest BCUT2D eigenvalue weighted by atomic mass is 9.65. The van der Waals surface area contributed by atoms with Crippen LogP contribution in [0.15, 0.2) is 0 Å². The molecule has 156 valence electrons. The molecule has 3 heteroatoms. The molecule has 1 unspecified atom stereocenters. The third-order valence-corrected chi connectivity index (χ3v) is 6.12. The van der Waals surface area contributed by atoms with Gasteiger partial charge in [-0.1, -0.05) is 47.0 Å². The second kappa shape index (κ2) is 11.6. The number of halogens is 1. The third-order valence-electron chi connectivity index (χ3n) is 6.12. The molecule has 0 aliphatic heterocycles. The molecular formula is C23H45FO2. The van der Waals surface area contributed by atoms with Crippen molar-refractivity contribution in [1.29, 1.82) is 0 Å². The number of methoxy groups -OCH3 is 1. The van der Waals surface area contributed by atoms with Gasteiger partial charge in [0.15, 0.2) is 0 Å². The van der Waals surface area contributed by atoms with Crippen LogP contribution in [0.4, 0.5) is 4.39 Å². The number of alkyl halides is 1. The molecule has 0 heterocycles. The maximum Gasteiger partial charge on any atom is 0.111 e. The topological polar surface area (TPSA) is 18.5 Å². The Bertz CT molecular complexity index is 353. The van der Waals surface area contributed by atoms with Gasteiger partial charge in [0.2, 0.25) is 0 Å². The highest BCUT2D eigenvalue weighted by Gasteiger charge is 2.42. The Morgan fingerprint density at radius 3 is 1.96 bits per heavy atom. The molecule has 1 fully saturated rings. The smallest absolute Gasteiger partial charge is 0.111 e. The molecule has 0 N–H and O–H groups in total. The van der Waals surface area contributed by atoms with Crippen molar-refractivity contribution in [3.05, 3.63) is 0 Å². The molecule has 0 radical (unpaired) electrons. The van der Waals surface area contributed by atoms with E-state index in [1.54, 1.807) is 7.11 Å². The van der Waals surface area contributed by atoms with Gasteiger partial charge in [0.25, 0.3) is 0 Å². The quantitative estimate of drug-likeness (QED) is 0.353. The van der Waals surface area contributed by atoms with Crippen LogP contribution < -0.4 is 0 Å². The van der Waals surface area contributed by atoms with Gasteiger partial charge in [-0.2, -0.15) is 0 Å². The fraction of sp³-hybridized carbons (Fsp3) is 1.00. The van der Waals surface area contributed by atoms with Gasteiger partial charge in [-0.25, -0.2) is 4.39 Å². The van der Waals surface area contributed by atoms with E-state index in [0.29, 0.717) is 50.2 Å². The van der Waals surface area contributed by atoms with E-state index in [-0.39, 0.29) is 5.41 Å². The summed E-state index contributed by atoms with van der Waals surface area (Å²) in [6.45, 7) is 12.7. The van der Waals surface area contributed by atoms with E-state index < -0.39 is 5.67 Å². The summed E-state index contributed by atoms with van der Waals surface area (Å²) in [6, 6.07) is 0. The van der Waals surface area contributed by atoms with Gasteiger partial charge in [0.1, 0.15) is 5.67 Å². The van der Waals surface area contributed by atoms with E-state index in [1.165, 1.54) is 32.1 Å². The molecule has 0 aromatic heterocycles. The van der Waals surface area contributed by atoms with Crippen LogP contribution in [-0.2, 0) is 9.47 Å². The van der Waals surface area contributed by atoms with Gasteiger partial charge < -0.3 is 9.47 Å². The Labute approximate surface area is 162 Å². The highest BCUT2D eigenvalue weighted by molar-refractivity contribution is 4.92. The lowest BCUT2D eigenvalue weighted by Gasteiger charge is -2.44. The molecule has 26 heavy (non-hydrogen) atoms. The summed E-state index contributed by atoms with van der Waals surface area (Å²) in [5.74, 6) is 1.37. The zero-order valence-electron chi connectivity index (χ0n) is 18.4. The highest BCUT2D eigenvalue weighted by Crippen LogP contribution is 2.45. The van der Waals surface area contributed by atoms with Gasteiger partial charge in [0, 0.05) is 19.1 Å². The van der Waals surface area contributed by atoms with Crippen molar-refractivity contribution in [3.8, 4) is 0 Å². The standard InChI is InChI=1S/C23H45FO2/c1-7-26-18-22(17-25-6,21-11-9-8-10-12-21)13-14-23(24,15-19(2)3)16-20(4)5/h19-21H,7-18H2,1-6H3. The Balaban J connectivity index is 2.96. The van der Waals surface area contributed by atoms with Gasteiger partial charge in [-0.15, -0.1) is 0 Å². The summed E-state index contributed by atoms with van der Waals surface area (Å²) in [5.41, 5.74) is -1.10. The minimum absolute atomic E-state index is 0.0313. The molecule has 1 atom stereocenters. The molecule has 0 spiro atoms.